The summed E-state index contributed by atoms with van der Waals surface area (Å²) >= 11 is 0.823. The Morgan fingerprint density at radius 2 is 1.96 bits per heavy atom. The summed E-state index contributed by atoms with van der Waals surface area (Å²) in [5.74, 6) is -2.43. The van der Waals surface area contributed by atoms with E-state index in [1.165, 1.54) is 5.38 Å². The maximum Gasteiger partial charge on any atom is 0.419 e. The molecule has 0 radical (unpaired) electrons. The van der Waals surface area contributed by atoms with Crippen LogP contribution in [0.4, 0.5) is 17.6 Å². The molecule has 0 amide bonds. The number of benzene rings is 1. The Kier molecular flexibility index (Phi) is 5.49. The highest BCUT2D eigenvalue weighted by atomic mass is 32.2. The second kappa shape index (κ2) is 7.10. The summed E-state index contributed by atoms with van der Waals surface area (Å²) in [6, 6.07) is 3.70. The van der Waals surface area contributed by atoms with Gasteiger partial charge in [0.2, 0.25) is 10.0 Å². The lowest BCUT2D eigenvalue weighted by Gasteiger charge is -2.12. The topological polar surface area (TPSA) is 72.5 Å². The van der Waals surface area contributed by atoms with E-state index in [0.29, 0.717) is 6.07 Å². The Morgan fingerprint density at radius 3 is 2.56 bits per heavy atom. The van der Waals surface area contributed by atoms with Gasteiger partial charge in [0.05, 0.1) is 12.7 Å². The number of ether oxygens (including phenoxy) is 1. The van der Waals surface area contributed by atoms with Gasteiger partial charge in [0, 0.05) is 12.1 Å². The van der Waals surface area contributed by atoms with Crippen molar-refractivity contribution in [2.75, 3.05) is 7.11 Å². The second-order valence-corrected chi connectivity index (χ2v) is 7.36. The molecule has 2 rings (SSSR count). The van der Waals surface area contributed by atoms with Gasteiger partial charge in [0.15, 0.2) is 0 Å². The van der Waals surface area contributed by atoms with Crippen LogP contribution in [0.25, 0.3) is 0 Å². The number of carbonyl (C=O) groups excluding carboxylic acids is 1. The largest absolute Gasteiger partial charge is 0.465 e. The summed E-state index contributed by atoms with van der Waals surface area (Å²) in [7, 11) is -3.18. The van der Waals surface area contributed by atoms with Gasteiger partial charge in [0.1, 0.15) is 15.6 Å². The molecule has 0 bridgehead atoms. The minimum atomic E-state index is -4.90. The summed E-state index contributed by atoms with van der Waals surface area (Å²) in [4.78, 5) is 10.9. The van der Waals surface area contributed by atoms with E-state index in [2.05, 4.69) is 4.74 Å². The molecule has 1 aromatic heterocycles. The van der Waals surface area contributed by atoms with Gasteiger partial charge in [-0.2, -0.15) is 13.2 Å². The third-order valence-electron chi connectivity index (χ3n) is 3.13. The molecule has 0 fully saturated rings. The van der Waals surface area contributed by atoms with E-state index < -0.39 is 50.6 Å². The Bertz CT molecular complexity index is 890. The number of alkyl halides is 3. The second-order valence-electron chi connectivity index (χ2n) is 4.71. The Hall–Kier alpha value is -1.98. The summed E-state index contributed by atoms with van der Waals surface area (Å²) in [5.41, 5.74) is -1.97. The zero-order chi connectivity index (χ0) is 18.8. The molecule has 25 heavy (non-hydrogen) atoms. The van der Waals surface area contributed by atoms with Gasteiger partial charge in [-0.05, 0) is 17.5 Å². The maximum absolute atomic E-state index is 13.9. The molecule has 0 atom stereocenters. The summed E-state index contributed by atoms with van der Waals surface area (Å²) in [5, 5.41) is 1.34. The first kappa shape index (κ1) is 19.3. The summed E-state index contributed by atoms with van der Waals surface area (Å²) < 4.78 is 82.9. The van der Waals surface area contributed by atoms with Crippen molar-refractivity contribution in [3.8, 4) is 0 Å². The molecular formula is C14H11F4NO4S2. The predicted molar refractivity (Wildman–Crippen MR) is 81.1 cm³/mol. The molecule has 0 unspecified atom stereocenters. The number of methoxy groups -OCH3 is 1. The van der Waals surface area contributed by atoms with Gasteiger partial charge in [-0.3, -0.25) is 0 Å². The molecule has 0 spiro atoms. The van der Waals surface area contributed by atoms with Gasteiger partial charge in [-0.25, -0.2) is 22.3 Å². The van der Waals surface area contributed by atoms with Crippen molar-refractivity contribution in [1.82, 2.24) is 4.72 Å². The monoisotopic (exact) mass is 397 g/mol. The average Bonchev–Trinajstić information content (AvgIpc) is 3.02. The first-order valence-electron chi connectivity index (χ1n) is 6.58. The standard InChI is InChI=1S/C14H11F4NO4S2/c1-23-13(20)12-10(5-6-24-12)25(21,22)19-7-8-3-2-4-9(11(8)15)14(16,17)18/h2-6,19H,7H2,1H3. The molecule has 136 valence electrons. The zero-order valence-corrected chi connectivity index (χ0v) is 14.2. The van der Waals surface area contributed by atoms with Crippen LogP contribution >= 0.6 is 11.3 Å². The van der Waals surface area contributed by atoms with Crippen molar-refractivity contribution in [3.63, 3.8) is 0 Å². The molecule has 0 aliphatic rings. The van der Waals surface area contributed by atoms with Gasteiger partial charge in [-0.1, -0.05) is 12.1 Å². The highest BCUT2D eigenvalue weighted by Crippen LogP contribution is 2.32. The Morgan fingerprint density at radius 1 is 1.28 bits per heavy atom. The molecule has 11 heteroatoms. The third kappa shape index (κ3) is 4.17. The normalized spacial score (nSPS) is 12.2. The number of sulfonamides is 1. The molecule has 1 heterocycles. The van der Waals surface area contributed by atoms with Crippen LogP contribution in [0.15, 0.2) is 34.5 Å². The van der Waals surface area contributed by atoms with Crippen LogP contribution in [0.2, 0.25) is 0 Å². The van der Waals surface area contributed by atoms with E-state index in [1.807, 2.05) is 4.72 Å². The quantitative estimate of drug-likeness (QED) is 0.621. The van der Waals surface area contributed by atoms with E-state index in [0.717, 1.165) is 36.6 Å². The highest BCUT2D eigenvalue weighted by Gasteiger charge is 2.35. The fraction of sp³-hybridized carbons (Fsp3) is 0.214. The van der Waals surface area contributed by atoms with E-state index in [1.54, 1.807) is 0 Å². The molecule has 0 saturated heterocycles. The van der Waals surface area contributed by atoms with E-state index >= 15 is 0 Å². The number of esters is 1. The average molecular weight is 397 g/mol. The number of rotatable bonds is 5. The highest BCUT2D eigenvalue weighted by molar-refractivity contribution is 7.89. The lowest BCUT2D eigenvalue weighted by atomic mass is 10.1. The van der Waals surface area contributed by atoms with Crippen LogP contribution in [0.1, 0.15) is 20.8 Å². The van der Waals surface area contributed by atoms with Gasteiger partial charge in [0.25, 0.3) is 0 Å². The molecule has 0 aliphatic heterocycles. The minimum absolute atomic E-state index is 0.195. The molecule has 1 N–H and O–H groups in total. The fourth-order valence-electron chi connectivity index (χ4n) is 1.94. The molecule has 0 saturated carbocycles. The summed E-state index contributed by atoms with van der Waals surface area (Å²) in [6.45, 7) is -0.714. The minimum Gasteiger partial charge on any atom is -0.465 e. The molecule has 2 aromatic rings. The summed E-state index contributed by atoms with van der Waals surface area (Å²) in [6.07, 6.45) is -4.90. The third-order valence-corrected chi connectivity index (χ3v) is 5.59. The Balaban J connectivity index is 2.27. The van der Waals surface area contributed by atoms with Gasteiger partial charge in [-0.15, -0.1) is 11.3 Å². The van der Waals surface area contributed by atoms with Crippen LogP contribution in [0.5, 0.6) is 0 Å². The van der Waals surface area contributed by atoms with Crippen LogP contribution in [-0.2, 0) is 27.5 Å². The van der Waals surface area contributed by atoms with E-state index in [9.17, 15) is 30.8 Å². The number of hydrogen-bond donors (Lipinski definition) is 1. The number of carbonyl (C=O) groups is 1. The maximum atomic E-state index is 13.9. The Labute approximate surface area is 144 Å². The lowest BCUT2D eigenvalue weighted by Crippen LogP contribution is -2.25. The smallest absolute Gasteiger partial charge is 0.419 e. The van der Waals surface area contributed by atoms with Crippen molar-refractivity contribution in [3.05, 3.63) is 51.5 Å². The number of halogens is 4. The van der Waals surface area contributed by atoms with Crippen molar-refractivity contribution < 1.29 is 35.5 Å². The first-order valence-corrected chi connectivity index (χ1v) is 8.94. The van der Waals surface area contributed by atoms with Gasteiger partial charge < -0.3 is 4.74 Å². The number of nitrogens with one attached hydrogen (secondary N) is 1. The van der Waals surface area contributed by atoms with Crippen molar-refractivity contribution >= 4 is 27.3 Å². The molecule has 5 nitrogen and oxygen atoms in total. The van der Waals surface area contributed by atoms with Crippen molar-refractivity contribution in [1.29, 1.82) is 0 Å². The first-order chi connectivity index (χ1) is 11.6. The number of hydrogen-bond acceptors (Lipinski definition) is 5. The van der Waals surface area contributed by atoms with Crippen LogP contribution in [-0.4, -0.2) is 21.5 Å². The predicted octanol–water partition coefficient (Wildman–Crippen LogP) is 3.17. The van der Waals surface area contributed by atoms with Crippen molar-refractivity contribution in [2.45, 2.75) is 17.6 Å². The van der Waals surface area contributed by atoms with E-state index in [4.69, 9.17) is 0 Å². The number of thiophene rings is 1. The molecule has 0 aliphatic carbocycles. The van der Waals surface area contributed by atoms with Crippen LogP contribution < -0.4 is 4.72 Å². The lowest BCUT2D eigenvalue weighted by molar-refractivity contribution is -0.140. The zero-order valence-electron chi connectivity index (χ0n) is 12.6. The van der Waals surface area contributed by atoms with Gasteiger partial charge >= 0.3 is 12.1 Å². The molecular weight excluding hydrogens is 386 g/mol. The van der Waals surface area contributed by atoms with Crippen LogP contribution in [0, 0.1) is 5.82 Å². The van der Waals surface area contributed by atoms with Crippen molar-refractivity contribution in [2.24, 2.45) is 0 Å². The molecule has 1 aromatic carbocycles. The van der Waals surface area contributed by atoms with E-state index in [-0.39, 0.29) is 4.88 Å². The SMILES string of the molecule is COC(=O)c1sccc1S(=O)(=O)NCc1cccc(C(F)(F)F)c1F. The fourth-order valence-corrected chi connectivity index (χ4v) is 4.28. The van der Waals surface area contributed by atoms with Crippen LogP contribution in [0.3, 0.4) is 0 Å².